The van der Waals surface area contributed by atoms with Crippen molar-refractivity contribution in [3.05, 3.63) is 63.5 Å². The van der Waals surface area contributed by atoms with E-state index in [1.54, 1.807) is 24.3 Å². The minimum atomic E-state index is -4.57. The van der Waals surface area contributed by atoms with E-state index in [2.05, 4.69) is 10.3 Å². The number of fused-ring (bicyclic) bond motifs is 1. The first kappa shape index (κ1) is 18.8. The lowest BCUT2D eigenvalue weighted by Gasteiger charge is -2.33. The minimum Gasteiger partial charge on any atom is -0.391 e. The number of alkyl halides is 3. The van der Waals surface area contributed by atoms with Gasteiger partial charge in [0.15, 0.2) is 0 Å². The van der Waals surface area contributed by atoms with Gasteiger partial charge in [0.2, 0.25) is 5.95 Å². The molecule has 0 spiro atoms. The van der Waals surface area contributed by atoms with E-state index in [1.165, 1.54) is 10.6 Å². The summed E-state index contributed by atoms with van der Waals surface area (Å²) in [6, 6.07) is 7.93. The average Bonchev–Trinajstić information content (AvgIpc) is 2.64. The van der Waals surface area contributed by atoms with Gasteiger partial charge in [-0.1, -0.05) is 29.8 Å². The molecule has 1 aromatic carbocycles. The average molecular weight is 410 g/mol. The summed E-state index contributed by atoms with van der Waals surface area (Å²) in [5, 5.41) is 13.0. The van der Waals surface area contributed by atoms with Crippen LogP contribution < -0.4 is 10.9 Å². The molecule has 1 aliphatic carbocycles. The Morgan fingerprint density at radius 3 is 2.57 bits per heavy atom. The fraction of sp³-hybridized carbons (Fsp3) is 0.263. The molecule has 28 heavy (non-hydrogen) atoms. The van der Waals surface area contributed by atoms with E-state index in [1.807, 2.05) is 0 Å². The molecule has 0 unspecified atom stereocenters. The highest BCUT2D eigenvalue weighted by Gasteiger charge is 2.33. The number of hydrogen-bond donors (Lipinski definition) is 2. The second kappa shape index (κ2) is 6.79. The van der Waals surface area contributed by atoms with Gasteiger partial charge in [0.25, 0.3) is 5.56 Å². The number of hydrogen-bond acceptors (Lipinski definition) is 4. The molecule has 1 fully saturated rings. The fourth-order valence-electron chi connectivity index (χ4n) is 3.20. The van der Waals surface area contributed by atoms with Gasteiger partial charge in [0, 0.05) is 16.8 Å². The molecule has 146 valence electrons. The van der Waals surface area contributed by atoms with Gasteiger partial charge in [0.05, 0.1) is 28.8 Å². The molecule has 2 atom stereocenters. The van der Waals surface area contributed by atoms with Gasteiger partial charge in [-0.25, -0.2) is 0 Å². The van der Waals surface area contributed by atoms with Crippen molar-refractivity contribution in [1.29, 1.82) is 0 Å². The summed E-state index contributed by atoms with van der Waals surface area (Å²) in [5.41, 5.74) is -1.28. The molecule has 3 aromatic rings. The van der Waals surface area contributed by atoms with Crippen molar-refractivity contribution in [3.63, 3.8) is 0 Å². The lowest BCUT2D eigenvalue weighted by Crippen LogP contribution is -2.43. The number of nitrogens with one attached hydrogen (secondary N) is 1. The van der Waals surface area contributed by atoms with E-state index in [9.17, 15) is 23.1 Å². The number of rotatable bonds is 3. The highest BCUT2D eigenvalue weighted by atomic mass is 35.5. The quantitative estimate of drug-likeness (QED) is 0.687. The van der Waals surface area contributed by atoms with E-state index in [-0.39, 0.29) is 28.1 Å². The largest absolute Gasteiger partial charge is 0.416 e. The van der Waals surface area contributed by atoms with Crippen LogP contribution in [0.5, 0.6) is 0 Å². The van der Waals surface area contributed by atoms with Crippen molar-refractivity contribution in [2.45, 2.75) is 31.2 Å². The summed E-state index contributed by atoms with van der Waals surface area (Å²) in [6.07, 6.45) is -2.67. The molecule has 5 nitrogen and oxygen atoms in total. The monoisotopic (exact) mass is 409 g/mol. The second-order valence-corrected chi connectivity index (χ2v) is 7.07. The molecule has 2 heterocycles. The van der Waals surface area contributed by atoms with Crippen LogP contribution in [0.15, 0.2) is 47.4 Å². The fourth-order valence-corrected chi connectivity index (χ4v) is 3.44. The zero-order valence-electron chi connectivity index (χ0n) is 14.4. The van der Waals surface area contributed by atoms with Crippen molar-refractivity contribution in [1.82, 2.24) is 9.38 Å². The highest BCUT2D eigenvalue weighted by Crippen LogP contribution is 2.34. The Bertz CT molecular complexity index is 1110. The predicted molar refractivity (Wildman–Crippen MR) is 99.6 cm³/mol. The maximum absolute atomic E-state index is 13.3. The van der Waals surface area contributed by atoms with Crippen LogP contribution in [0.2, 0.25) is 5.02 Å². The third kappa shape index (κ3) is 3.22. The van der Waals surface area contributed by atoms with E-state index in [0.29, 0.717) is 18.4 Å². The van der Waals surface area contributed by atoms with Crippen LogP contribution in [0.1, 0.15) is 18.4 Å². The summed E-state index contributed by atoms with van der Waals surface area (Å²) < 4.78 is 41.2. The van der Waals surface area contributed by atoms with Crippen LogP contribution >= 0.6 is 11.6 Å². The number of pyridine rings is 1. The Balaban J connectivity index is 1.99. The van der Waals surface area contributed by atoms with Crippen LogP contribution in [-0.4, -0.2) is 26.6 Å². The van der Waals surface area contributed by atoms with Gasteiger partial charge >= 0.3 is 6.18 Å². The number of halogens is 4. The minimum absolute atomic E-state index is 0.0172. The molecule has 2 N–H and O–H groups in total. The molecule has 0 saturated heterocycles. The molecule has 0 aliphatic heterocycles. The smallest absolute Gasteiger partial charge is 0.391 e. The zero-order chi connectivity index (χ0) is 20.1. The van der Waals surface area contributed by atoms with Crippen LogP contribution in [-0.2, 0) is 6.18 Å². The van der Waals surface area contributed by atoms with Crippen molar-refractivity contribution in [2.24, 2.45) is 0 Å². The molecule has 0 bridgehead atoms. The van der Waals surface area contributed by atoms with Crippen molar-refractivity contribution >= 4 is 23.1 Å². The number of nitrogens with zero attached hydrogens (tertiary/aromatic N) is 2. The highest BCUT2D eigenvalue weighted by molar-refractivity contribution is 6.33. The number of aliphatic hydroxyl groups excluding tert-OH is 1. The van der Waals surface area contributed by atoms with Crippen molar-refractivity contribution in [3.8, 4) is 11.1 Å². The molecular formula is C19H15ClF3N3O2. The molecule has 0 amide bonds. The normalized spacial score (nSPS) is 19.5. The van der Waals surface area contributed by atoms with Crippen molar-refractivity contribution < 1.29 is 18.3 Å². The van der Waals surface area contributed by atoms with Crippen LogP contribution in [0.25, 0.3) is 16.6 Å². The molecular weight excluding hydrogens is 395 g/mol. The Kier molecular flexibility index (Phi) is 4.55. The first-order valence-corrected chi connectivity index (χ1v) is 8.96. The van der Waals surface area contributed by atoms with E-state index in [4.69, 9.17) is 11.6 Å². The first-order valence-electron chi connectivity index (χ1n) is 8.59. The first-order chi connectivity index (χ1) is 13.3. The van der Waals surface area contributed by atoms with Gasteiger partial charge < -0.3 is 10.4 Å². The number of benzene rings is 1. The standard InChI is InChI=1S/C19H15ClF3N3O2/c20-12-4-2-1-3-11(12)16-14-9-10(19(21,22)23)7-8-26(14)18(25-17(16)28)24-13-5-6-15(13)27/h1-4,7-9,13,15,27H,5-6H2,(H,24,25,28)/t13-,15+/m1/s1. The maximum Gasteiger partial charge on any atom is 0.416 e. The Morgan fingerprint density at radius 2 is 1.96 bits per heavy atom. The van der Waals surface area contributed by atoms with Crippen LogP contribution in [0.3, 0.4) is 0 Å². The summed E-state index contributed by atoms with van der Waals surface area (Å²) in [7, 11) is 0. The molecule has 9 heteroatoms. The van der Waals surface area contributed by atoms with Gasteiger partial charge in [-0.05, 0) is 31.0 Å². The number of anilines is 1. The SMILES string of the molecule is O=c1nc(N[C@@H]2CC[C@@H]2O)n2ccc(C(F)(F)F)cc2c1-c1ccccc1Cl. The maximum atomic E-state index is 13.3. The lowest BCUT2D eigenvalue weighted by molar-refractivity contribution is -0.137. The third-order valence-electron chi connectivity index (χ3n) is 4.88. The van der Waals surface area contributed by atoms with Crippen LogP contribution in [0, 0.1) is 0 Å². The van der Waals surface area contributed by atoms with Crippen LogP contribution in [0.4, 0.5) is 19.1 Å². The topological polar surface area (TPSA) is 66.6 Å². The molecule has 2 aromatic heterocycles. The van der Waals surface area contributed by atoms with Crippen molar-refractivity contribution in [2.75, 3.05) is 5.32 Å². The molecule has 1 saturated carbocycles. The molecule has 4 rings (SSSR count). The van der Waals surface area contributed by atoms with E-state index >= 15 is 0 Å². The predicted octanol–water partition coefficient (Wildman–Crippen LogP) is 3.97. The number of aromatic nitrogens is 2. The Morgan fingerprint density at radius 1 is 1.21 bits per heavy atom. The van der Waals surface area contributed by atoms with Gasteiger partial charge in [-0.15, -0.1) is 0 Å². The zero-order valence-corrected chi connectivity index (χ0v) is 15.1. The van der Waals surface area contributed by atoms with Gasteiger partial charge in [0.1, 0.15) is 0 Å². The summed E-state index contributed by atoms with van der Waals surface area (Å²) >= 11 is 6.19. The molecule has 1 aliphatic rings. The summed E-state index contributed by atoms with van der Waals surface area (Å²) in [6.45, 7) is 0. The summed E-state index contributed by atoms with van der Waals surface area (Å²) in [4.78, 5) is 16.8. The van der Waals surface area contributed by atoms with Gasteiger partial charge in [-0.3, -0.25) is 9.20 Å². The Labute approximate surface area is 162 Å². The third-order valence-corrected chi connectivity index (χ3v) is 5.21. The summed E-state index contributed by atoms with van der Waals surface area (Å²) in [5.74, 6) is 0.0771. The molecule has 0 radical (unpaired) electrons. The van der Waals surface area contributed by atoms with E-state index in [0.717, 1.165) is 12.1 Å². The van der Waals surface area contributed by atoms with E-state index < -0.39 is 23.4 Å². The lowest BCUT2D eigenvalue weighted by atomic mass is 9.89. The number of aliphatic hydroxyl groups is 1. The van der Waals surface area contributed by atoms with Gasteiger partial charge in [-0.2, -0.15) is 18.2 Å². The second-order valence-electron chi connectivity index (χ2n) is 6.66. The Hall–Kier alpha value is -2.58.